The first kappa shape index (κ1) is 10.2. The van der Waals surface area contributed by atoms with Crippen molar-refractivity contribution in [2.45, 2.75) is 6.54 Å². The van der Waals surface area contributed by atoms with Crippen molar-refractivity contribution in [3.05, 3.63) is 23.1 Å². The van der Waals surface area contributed by atoms with Gasteiger partial charge in [0.2, 0.25) is 0 Å². The fraction of sp³-hybridized carbons (Fsp3) is 0.143. The zero-order chi connectivity index (χ0) is 8.55. The average molecular weight is 219 g/mol. The first-order valence-corrected chi connectivity index (χ1v) is 3.87. The minimum absolute atomic E-state index is 0. The third-order valence-electron chi connectivity index (χ3n) is 1.55. The van der Waals surface area contributed by atoms with Crippen molar-refractivity contribution in [2.75, 3.05) is 0 Å². The molecule has 0 fully saturated rings. The van der Waals surface area contributed by atoms with E-state index >= 15 is 0 Å². The number of hydrogen-bond donors (Lipinski definition) is 2. The van der Waals surface area contributed by atoms with E-state index in [1.807, 2.05) is 0 Å². The lowest BCUT2D eigenvalue weighted by Crippen LogP contribution is -1.97. The van der Waals surface area contributed by atoms with Gasteiger partial charge in [0.1, 0.15) is 5.82 Å². The van der Waals surface area contributed by atoms with Crippen LogP contribution in [0.3, 0.4) is 0 Å². The van der Waals surface area contributed by atoms with Crippen molar-refractivity contribution in [1.82, 2.24) is 15.0 Å². The molecule has 0 aliphatic carbocycles. The number of nitrogens with two attached hydrogens (primary N) is 1. The van der Waals surface area contributed by atoms with E-state index in [9.17, 15) is 0 Å². The van der Waals surface area contributed by atoms with Crippen LogP contribution in [-0.4, -0.2) is 15.0 Å². The molecule has 0 saturated heterocycles. The Labute approximate surface area is 85.9 Å². The van der Waals surface area contributed by atoms with Gasteiger partial charge in [-0.3, -0.25) is 0 Å². The summed E-state index contributed by atoms with van der Waals surface area (Å²) in [4.78, 5) is 11.1. The topological polar surface area (TPSA) is 67.6 Å². The largest absolute Gasteiger partial charge is 0.339 e. The molecular weight excluding hydrogens is 211 g/mol. The number of rotatable bonds is 1. The summed E-state index contributed by atoms with van der Waals surface area (Å²) >= 11 is 5.73. The number of pyridine rings is 1. The predicted octanol–water partition coefficient (Wildman–Crippen LogP) is 1.49. The van der Waals surface area contributed by atoms with E-state index in [-0.39, 0.29) is 12.4 Å². The van der Waals surface area contributed by atoms with Gasteiger partial charge >= 0.3 is 0 Å². The van der Waals surface area contributed by atoms with E-state index in [1.165, 1.54) is 0 Å². The molecule has 4 nitrogen and oxygen atoms in total. The smallest absolute Gasteiger partial charge is 0.177 e. The molecule has 2 rings (SSSR count). The van der Waals surface area contributed by atoms with Crippen LogP contribution in [-0.2, 0) is 6.54 Å². The summed E-state index contributed by atoms with van der Waals surface area (Å²) in [5.41, 5.74) is 6.87. The summed E-state index contributed by atoms with van der Waals surface area (Å²) in [6.07, 6.45) is 1.56. The van der Waals surface area contributed by atoms with Crippen LogP contribution < -0.4 is 5.73 Å². The monoisotopic (exact) mass is 218 g/mol. The Morgan fingerprint density at radius 2 is 2.31 bits per heavy atom. The standard InChI is InChI=1S/C7H7ClN4.ClH/c8-4-1-5-7(10-3-4)12-6(2-9)11-5;/h1,3H,2,9H2,(H,10,11,12);1H. The van der Waals surface area contributed by atoms with Crippen LogP contribution in [0.1, 0.15) is 5.82 Å². The third kappa shape index (κ3) is 1.91. The lowest BCUT2D eigenvalue weighted by atomic mass is 10.4. The molecule has 13 heavy (non-hydrogen) atoms. The maximum atomic E-state index is 5.73. The van der Waals surface area contributed by atoms with Crippen LogP contribution in [0.15, 0.2) is 12.3 Å². The fourth-order valence-electron chi connectivity index (χ4n) is 1.02. The van der Waals surface area contributed by atoms with Crippen LogP contribution >= 0.6 is 24.0 Å². The molecule has 70 valence electrons. The van der Waals surface area contributed by atoms with Gasteiger partial charge in [-0.15, -0.1) is 12.4 Å². The number of hydrogen-bond acceptors (Lipinski definition) is 3. The summed E-state index contributed by atoms with van der Waals surface area (Å²) < 4.78 is 0. The lowest BCUT2D eigenvalue weighted by molar-refractivity contribution is 0.956. The minimum atomic E-state index is 0. The molecular formula is C7H8Cl2N4. The molecule has 0 amide bonds. The zero-order valence-corrected chi connectivity index (χ0v) is 8.19. The Bertz CT molecular complexity index is 412. The highest BCUT2D eigenvalue weighted by atomic mass is 35.5. The Hall–Kier alpha value is -0.840. The number of H-pyrrole nitrogens is 1. The average Bonchev–Trinajstić information content (AvgIpc) is 2.46. The molecule has 0 spiro atoms. The Morgan fingerprint density at radius 1 is 1.54 bits per heavy atom. The maximum absolute atomic E-state index is 5.73. The second kappa shape index (κ2) is 3.91. The van der Waals surface area contributed by atoms with Crippen LogP contribution in [0.2, 0.25) is 5.02 Å². The van der Waals surface area contributed by atoms with Gasteiger partial charge < -0.3 is 10.7 Å². The van der Waals surface area contributed by atoms with Gasteiger partial charge in [-0.1, -0.05) is 11.6 Å². The number of aromatic amines is 1. The van der Waals surface area contributed by atoms with Crippen LogP contribution in [0, 0.1) is 0 Å². The predicted molar refractivity (Wildman–Crippen MR) is 54.0 cm³/mol. The molecule has 0 aliphatic rings. The van der Waals surface area contributed by atoms with E-state index in [0.29, 0.717) is 17.2 Å². The summed E-state index contributed by atoms with van der Waals surface area (Å²) in [5, 5.41) is 0.592. The van der Waals surface area contributed by atoms with Crippen LogP contribution in [0.5, 0.6) is 0 Å². The third-order valence-corrected chi connectivity index (χ3v) is 1.75. The first-order valence-electron chi connectivity index (χ1n) is 3.50. The molecule has 0 aliphatic heterocycles. The van der Waals surface area contributed by atoms with Gasteiger partial charge in [-0.2, -0.15) is 0 Å². The molecule has 0 atom stereocenters. The molecule has 6 heteroatoms. The number of nitrogens with one attached hydrogen (secondary N) is 1. The van der Waals surface area contributed by atoms with Gasteiger partial charge in [-0.25, -0.2) is 9.97 Å². The second-order valence-electron chi connectivity index (χ2n) is 2.41. The Morgan fingerprint density at radius 3 is 3.00 bits per heavy atom. The first-order chi connectivity index (χ1) is 5.79. The van der Waals surface area contributed by atoms with Crippen molar-refractivity contribution in [1.29, 1.82) is 0 Å². The number of fused-ring (bicyclic) bond motifs is 1. The van der Waals surface area contributed by atoms with Crippen LogP contribution in [0.4, 0.5) is 0 Å². The molecule has 2 heterocycles. The molecule has 0 radical (unpaired) electrons. The summed E-state index contributed by atoms with van der Waals surface area (Å²) in [6, 6.07) is 1.77. The van der Waals surface area contributed by atoms with E-state index in [4.69, 9.17) is 17.3 Å². The lowest BCUT2D eigenvalue weighted by Gasteiger charge is -1.86. The molecule has 2 aromatic heterocycles. The molecule has 0 unspecified atom stereocenters. The second-order valence-corrected chi connectivity index (χ2v) is 2.85. The van der Waals surface area contributed by atoms with Crippen LogP contribution in [0.25, 0.3) is 11.2 Å². The van der Waals surface area contributed by atoms with Crippen molar-refractivity contribution < 1.29 is 0 Å². The SMILES string of the molecule is Cl.NCc1nc2ncc(Cl)cc2[nH]1. The van der Waals surface area contributed by atoms with Gasteiger partial charge in [0, 0.05) is 6.20 Å². The van der Waals surface area contributed by atoms with Crippen molar-refractivity contribution >= 4 is 35.2 Å². The highest BCUT2D eigenvalue weighted by Crippen LogP contribution is 2.13. The molecule has 2 aromatic rings. The van der Waals surface area contributed by atoms with Crippen molar-refractivity contribution in [3.8, 4) is 0 Å². The number of aromatic nitrogens is 3. The summed E-state index contributed by atoms with van der Waals surface area (Å²) in [6.45, 7) is 0.383. The van der Waals surface area contributed by atoms with E-state index in [0.717, 1.165) is 11.3 Å². The van der Waals surface area contributed by atoms with E-state index in [2.05, 4.69) is 15.0 Å². The van der Waals surface area contributed by atoms with Crippen molar-refractivity contribution in [2.24, 2.45) is 5.73 Å². The fourth-order valence-corrected chi connectivity index (χ4v) is 1.18. The Kier molecular flexibility index (Phi) is 3.08. The summed E-state index contributed by atoms with van der Waals surface area (Å²) in [7, 11) is 0. The molecule has 3 N–H and O–H groups in total. The van der Waals surface area contributed by atoms with Gasteiger partial charge in [-0.05, 0) is 6.07 Å². The minimum Gasteiger partial charge on any atom is -0.339 e. The van der Waals surface area contributed by atoms with Gasteiger partial charge in [0.05, 0.1) is 17.1 Å². The van der Waals surface area contributed by atoms with E-state index in [1.54, 1.807) is 12.3 Å². The number of imidazole rings is 1. The van der Waals surface area contributed by atoms with E-state index < -0.39 is 0 Å². The number of halogens is 2. The Balaban J connectivity index is 0.000000845. The normalized spacial score (nSPS) is 10.0. The molecule has 0 bridgehead atoms. The molecule has 0 saturated carbocycles. The van der Waals surface area contributed by atoms with Gasteiger partial charge in [0.15, 0.2) is 5.65 Å². The number of nitrogens with zero attached hydrogens (tertiary/aromatic N) is 2. The zero-order valence-electron chi connectivity index (χ0n) is 6.62. The highest BCUT2D eigenvalue weighted by Gasteiger charge is 2.01. The van der Waals surface area contributed by atoms with Gasteiger partial charge in [0.25, 0.3) is 0 Å². The molecule has 0 aromatic carbocycles. The summed E-state index contributed by atoms with van der Waals surface area (Å²) in [5.74, 6) is 0.722. The highest BCUT2D eigenvalue weighted by molar-refractivity contribution is 6.30. The van der Waals surface area contributed by atoms with Crippen molar-refractivity contribution in [3.63, 3.8) is 0 Å². The quantitative estimate of drug-likeness (QED) is 0.763. The maximum Gasteiger partial charge on any atom is 0.177 e.